The number of fused-ring (bicyclic) bond motifs is 1. The number of hydrogen-bond acceptors (Lipinski definition) is 6. The van der Waals surface area contributed by atoms with Crippen LogP contribution in [0.5, 0.6) is 11.5 Å². The molecule has 0 unspecified atom stereocenters. The third-order valence-corrected chi connectivity index (χ3v) is 4.12. The van der Waals surface area contributed by atoms with E-state index in [-0.39, 0.29) is 5.91 Å². The Bertz CT molecular complexity index is 752. The first-order valence-electron chi connectivity index (χ1n) is 7.82. The maximum Gasteiger partial charge on any atom is 0.259 e. The van der Waals surface area contributed by atoms with Crippen molar-refractivity contribution in [3.63, 3.8) is 0 Å². The van der Waals surface area contributed by atoms with E-state index >= 15 is 0 Å². The number of carbonyl (C=O) groups is 1. The van der Waals surface area contributed by atoms with Crippen LogP contribution in [0.25, 0.3) is 0 Å². The van der Waals surface area contributed by atoms with Crippen LogP contribution in [0.1, 0.15) is 29.4 Å². The highest BCUT2D eigenvalue weighted by atomic mass is 32.2. The predicted molar refractivity (Wildman–Crippen MR) is 93.2 cm³/mol. The number of nitrogens with zero attached hydrogens (tertiary/aromatic N) is 2. The minimum atomic E-state index is -0.220. The van der Waals surface area contributed by atoms with Crippen molar-refractivity contribution in [3.05, 3.63) is 35.7 Å². The van der Waals surface area contributed by atoms with Gasteiger partial charge in [0.2, 0.25) is 0 Å². The van der Waals surface area contributed by atoms with Crippen LogP contribution >= 0.6 is 11.8 Å². The van der Waals surface area contributed by atoms with E-state index in [0.717, 1.165) is 18.5 Å². The first-order valence-corrected chi connectivity index (χ1v) is 9.04. The molecule has 0 bridgehead atoms. The Hall–Kier alpha value is -2.28. The molecule has 0 saturated carbocycles. The summed E-state index contributed by atoms with van der Waals surface area (Å²) in [6.07, 6.45) is 5.16. The first-order chi connectivity index (χ1) is 11.7. The van der Waals surface area contributed by atoms with E-state index in [1.165, 1.54) is 11.8 Å². The van der Waals surface area contributed by atoms with E-state index in [0.29, 0.717) is 41.1 Å². The lowest BCUT2D eigenvalue weighted by atomic mass is 10.1. The van der Waals surface area contributed by atoms with E-state index in [1.807, 2.05) is 6.26 Å². The highest BCUT2D eigenvalue weighted by molar-refractivity contribution is 7.98. The van der Waals surface area contributed by atoms with Gasteiger partial charge < -0.3 is 14.8 Å². The highest BCUT2D eigenvalue weighted by Gasteiger charge is 2.16. The minimum Gasteiger partial charge on any atom is -0.486 e. The van der Waals surface area contributed by atoms with Crippen LogP contribution in [-0.2, 0) is 6.42 Å². The van der Waals surface area contributed by atoms with Gasteiger partial charge in [0.05, 0.1) is 11.3 Å². The van der Waals surface area contributed by atoms with Crippen LogP contribution in [0.4, 0.5) is 5.69 Å². The predicted octanol–water partition coefficient (Wildman–Crippen LogP) is 3.17. The van der Waals surface area contributed by atoms with Crippen LogP contribution in [-0.4, -0.2) is 35.3 Å². The van der Waals surface area contributed by atoms with Crippen molar-refractivity contribution in [1.82, 2.24) is 9.97 Å². The molecule has 0 atom stereocenters. The average Bonchev–Trinajstić information content (AvgIpc) is 2.61. The Kier molecular flexibility index (Phi) is 5.20. The molecule has 1 aromatic carbocycles. The Labute approximate surface area is 145 Å². The lowest BCUT2D eigenvalue weighted by Gasteiger charge is -2.19. The zero-order chi connectivity index (χ0) is 16.9. The van der Waals surface area contributed by atoms with Crippen LogP contribution in [0.3, 0.4) is 0 Å². The van der Waals surface area contributed by atoms with E-state index in [4.69, 9.17) is 9.47 Å². The standard InChI is InChI=1S/C17H19N3O3S/c1-3-4-13-12(10-18-17(20-13)24-2)16(21)19-11-5-6-14-15(9-11)23-8-7-22-14/h5-6,9-10H,3-4,7-8H2,1-2H3,(H,19,21). The van der Waals surface area contributed by atoms with Crippen molar-refractivity contribution in [2.75, 3.05) is 24.8 Å². The minimum absolute atomic E-state index is 0.220. The zero-order valence-corrected chi connectivity index (χ0v) is 14.5. The lowest BCUT2D eigenvalue weighted by molar-refractivity contribution is 0.102. The molecule has 0 saturated heterocycles. The molecule has 1 aromatic heterocycles. The molecule has 1 amide bonds. The van der Waals surface area contributed by atoms with Gasteiger partial charge in [0.25, 0.3) is 5.91 Å². The normalized spacial score (nSPS) is 12.8. The van der Waals surface area contributed by atoms with Gasteiger partial charge in [-0.05, 0) is 24.8 Å². The fourth-order valence-corrected chi connectivity index (χ4v) is 2.79. The van der Waals surface area contributed by atoms with Gasteiger partial charge in [-0.1, -0.05) is 25.1 Å². The largest absolute Gasteiger partial charge is 0.486 e. The Morgan fingerprint density at radius 2 is 2.08 bits per heavy atom. The molecule has 7 heteroatoms. The number of aromatic nitrogens is 2. The van der Waals surface area contributed by atoms with Crippen molar-refractivity contribution >= 4 is 23.4 Å². The quantitative estimate of drug-likeness (QED) is 0.663. The zero-order valence-electron chi connectivity index (χ0n) is 13.7. The molecular weight excluding hydrogens is 326 g/mol. The molecule has 2 heterocycles. The van der Waals surface area contributed by atoms with Crippen molar-refractivity contribution in [3.8, 4) is 11.5 Å². The number of carbonyl (C=O) groups excluding carboxylic acids is 1. The molecule has 0 aliphatic carbocycles. The summed E-state index contributed by atoms with van der Waals surface area (Å²) in [5.74, 6) is 1.11. The maximum atomic E-state index is 12.6. The SMILES string of the molecule is CCCc1nc(SC)ncc1C(=O)Nc1ccc2c(c1)OCCO2. The molecule has 2 aromatic rings. The van der Waals surface area contributed by atoms with Crippen molar-refractivity contribution in [1.29, 1.82) is 0 Å². The fourth-order valence-electron chi connectivity index (χ4n) is 2.43. The summed E-state index contributed by atoms with van der Waals surface area (Å²) < 4.78 is 11.0. The third-order valence-electron chi connectivity index (χ3n) is 3.56. The summed E-state index contributed by atoms with van der Waals surface area (Å²) in [4.78, 5) is 21.3. The Morgan fingerprint density at radius 3 is 2.83 bits per heavy atom. The van der Waals surface area contributed by atoms with E-state index in [1.54, 1.807) is 24.4 Å². The van der Waals surface area contributed by atoms with Gasteiger partial charge in [-0.15, -0.1) is 0 Å². The van der Waals surface area contributed by atoms with Crippen LogP contribution in [0, 0.1) is 0 Å². The molecule has 126 valence electrons. The molecule has 1 aliphatic rings. The topological polar surface area (TPSA) is 73.3 Å². The maximum absolute atomic E-state index is 12.6. The molecule has 1 N–H and O–H groups in total. The number of aryl methyl sites for hydroxylation is 1. The van der Waals surface area contributed by atoms with Crippen LogP contribution in [0.2, 0.25) is 0 Å². The second kappa shape index (κ2) is 7.53. The molecule has 1 aliphatic heterocycles. The van der Waals surface area contributed by atoms with Gasteiger partial charge in [-0.3, -0.25) is 4.79 Å². The number of rotatable bonds is 5. The molecule has 0 fully saturated rings. The highest BCUT2D eigenvalue weighted by Crippen LogP contribution is 2.32. The van der Waals surface area contributed by atoms with Crippen molar-refractivity contribution in [2.45, 2.75) is 24.9 Å². The van der Waals surface area contributed by atoms with Gasteiger partial charge in [-0.25, -0.2) is 9.97 Å². The fraction of sp³-hybridized carbons (Fsp3) is 0.353. The van der Waals surface area contributed by atoms with Gasteiger partial charge in [0, 0.05) is 18.0 Å². The van der Waals surface area contributed by atoms with Crippen molar-refractivity contribution in [2.24, 2.45) is 0 Å². The smallest absolute Gasteiger partial charge is 0.259 e. The summed E-state index contributed by atoms with van der Waals surface area (Å²) in [5, 5.41) is 3.56. The lowest BCUT2D eigenvalue weighted by Crippen LogP contribution is -2.18. The number of thioether (sulfide) groups is 1. The molecule has 0 radical (unpaired) electrons. The summed E-state index contributed by atoms with van der Waals surface area (Å²) in [6.45, 7) is 3.11. The number of nitrogens with one attached hydrogen (secondary N) is 1. The number of anilines is 1. The molecule has 6 nitrogen and oxygen atoms in total. The third kappa shape index (κ3) is 3.62. The molecule has 24 heavy (non-hydrogen) atoms. The molecule has 3 rings (SSSR count). The molecular formula is C17H19N3O3S. The first kappa shape index (κ1) is 16.6. The van der Waals surface area contributed by atoms with Gasteiger partial charge >= 0.3 is 0 Å². The van der Waals surface area contributed by atoms with Gasteiger partial charge in [-0.2, -0.15) is 0 Å². The Balaban J connectivity index is 1.82. The van der Waals surface area contributed by atoms with Crippen LogP contribution < -0.4 is 14.8 Å². The van der Waals surface area contributed by atoms with Gasteiger partial charge in [0.15, 0.2) is 16.7 Å². The summed E-state index contributed by atoms with van der Waals surface area (Å²) in [5.41, 5.74) is 1.93. The second-order valence-electron chi connectivity index (χ2n) is 5.28. The van der Waals surface area contributed by atoms with E-state index in [9.17, 15) is 4.79 Å². The number of hydrogen-bond donors (Lipinski definition) is 1. The monoisotopic (exact) mass is 345 g/mol. The summed E-state index contributed by atoms with van der Waals surface area (Å²) in [7, 11) is 0. The summed E-state index contributed by atoms with van der Waals surface area (Å²) >= 11 is 1.46. The number of benzene rings is 1. The van der Waals surface area contributed by atoms with E-state index in [2.05, 4.69) is 22.2 Å². The average molecular weight is 345 g/mol. The van der Waals surface area contributed by atoms with Crippen LogP contribution in [0.15, 0.2) is 29.6 Å². The number of amides is 1. The second-order valence-corrected chi connectivity index (χ2v) is 6.05. The van der Waals surface area contributed by atoms with E-state index < -0.39 is 0 Å². The van der Waals surface area contributed by atoms with Crippen molar-refractivity contribution < 1.29 is 14.3 Å². The molecule has 0 spiro atoms. The Morgan fingerprint density at radius 1 is 1.29 bits per heavy atom. The van der Waals surface area contributed by atoms with Gasteiger partial charge in [0.1, 0.15) is 13.2 Å². The number of ether oxygens (including phenoxy) is 2. The summed E-state index contributed by atoms with van der Waals surface area (Å²) in [6, 6.07) is 5.36.